The second-order valence-electron chi connectivity index (χ2n) is 7.72. The number of amides is 1. The van der Waals surface area contributed by atoms with E-state index in [0.29, 0.717) is 33.8 Å². The van der Waals surface area contributed by atoms with Gasteiger partial charge in [-0.05, 0) is 23.8 Å². The van der Waals surface area contributed by atoms with Gasteiger partial charge in [0.05, 0.1) is 11.4 Å². The smallest absolute Gasteiger partial charge is 0.277 e. The third-order valence-electron chi connectivity index (χ3n) is 5.42. The van der Waals surface area contributed by atoms with Crippen LogP contribution in [0.25, 0.3) is 33.6 Å². The first-order valence-electron chi connectivity index (χ1n) is 10.8. The van der Waals surface area contributed by atoms with E-state index < -0.39 is 11.5 Å². The van der Waals surface area contributed by atoms with Crippen molar-refractivity contribution >= 4 is 11.6 Å². The van der Waals surface area contributed by atoms with E-state index >= 15 is 0 Å². The molecule has 0 saturated carbocycles. The zero-order valence-corrected chi connectivity index (χ0v) is 18.4. The van der Waals surface area contributed by atoms with Crippen molar-refractivity contribution in [2.24, 2.45) is 0 Å². The number of H-pyrrole nitrogens is 2. The number of carbonyl (C=O) groups excluding carboxylic acids is 1. The van der Waals surface area contributed by atoms with Gasteiger partial charge < -0.3 is 5.32 Å². The molecule has 5 aromatic rings. The molecule has 1 amide bonds. The van der Waals surface area contributed by atoms with E-state index in [2.05, 4.69) is 25.7 Å². The van der Waals surface area contributed by atoms with Crippen molar-refractivity contribution in [3.8, 4) is 33.6 Å². The van der Waals surface area contributed by atoms with Crippen LogP contribution in [0.4, 0.5) is 5.69 Å². The Labute approximate surface area is 199 Å². The summed E-state index contributed by atoms with van der Waals surface area (Å²) in [6.45, 7) is 0. The van der Waals surface area contributed by atoms with Gasteiger partial charge in [0, 0.05) is 28.4 Å². The highest BCUT2D eigenvalue weighted by Crippen LogP contribution is 2.32. The van der Waals surface area contributed by atoms with Gasteiger partial charge in [-0.3, -0.25) is 14.4 Å². The van der Waals surface area contributed by atoms with Crippen molar-refractivity contribution in [3.05, 3.63) is 123 Å². The molecule has 0 unspecified atom stereocenters. The van der Waals surface area contributed by atoms with Gasteiger partial charge in [0.15, 0.2) is 0 Å². The lowest BCUT2D eigenvalue weighted by Crippen LogP contribution is -2.26. The SMILES string of the molecule is O=C(Nc1cccc(-c2ccc(=O)[nH]n2)c1)c1c(-c2ccccc2)c(-c2ccccc2)n[nH]c1=O. The average molecular weight is 461 g/mol. The standard InChI is InChI=1S/C27H19N5O3/c33-22-15-14-21(29-30-22)19-12-7-13-20(16-19)28-26(34)24-23(17-8-3-1-4-9-17)25(31-32-27(24)35)18-10-5-2-6-11-18/h1-16H,(H,28,34)(H,30,33)(H,32,35). The molecule has 0 radical (unpaired) electrons. The first-order valence-corrected chi connectivity index (χ1v) is 10.8. The van der Waals surface area contributed by atoms with Gasteiger partial charge in [-0.1, -0.05) is 72.8 Å². The largest absolute Gasteiger partial charge is 0.322 e. The van der Waals surface area contributed by atoms with E-state index in [-0.39, 0.29) is 11.1 Å². The lowest BCUT2D eigenvalue weighted by Gasteiger charge is -2.14. The summed E-state index contributed by atoms with van der Waals surface area (Å²) in [6, 6.07) is 28.5. The van der Waals surface area contributed by atoms with Crippen LogP contribution in [0.1, 0.15) is 10.4 Å². The third kappa shape index (κ3) is 4.53. The molecule has 0 aliphatic carbocycles. The normalized spacial score (nSPS) is 10.6. The zero-order chi connectivity index (χ0) is 24.2. The summed E-state index contributed by atoms with van der Waals surface area (Å²) in [5, 5.41) is 16.0. The van der Waals surface area contributed by atoms with Crippen LogP contribution in [0.3, 0.4) is 0 Å². The minimum Gasteiger partial charge on any atom is -0.322 e. The minimum absolute atomic E-state index is 0.0439. The number of hydrogen-bond donors (Lipinski definition) is 3. The molecular formula is C27H19N5O3. The lowest BCUT2D eigenvalue weighted by atomic mass is 9.95. The van der Waals surface area contributed by atoms with E-state index in [1.54, 1.807) is 30.3 Å². The molecule has 0 aliphatic heterocycles. The first-order chi connectivity index (χ1) is 17.1. The summed E-state index contributed by atoms with van der Waals surface area (Å²) in [7, 11) is 0. The number of rotatable bonds is 5. The number of hydrogen-bond acceptors (Lipinski definition) is 5. The van der Waals surface area contributed by atoms with Crippen LogP contribution < -0.4 is 16.4 Å². The number of nitrogens with one attached hydrogen (secondary N) is 3. The van der Waals surface area contributed by atoms with Crippen molar-refractivity contribution in [1.82, 2.24) is 20.4 Å². The summed E-state index contributed by atoms with van der Waals surface area (Å²) < 4.78 is 0. The summed E-state index contributed by atoms with van der Waals surface area (Å²) >= 11 is 0. The number of nitrogens with zero attached hydrogens (tertiary/aromatic N) is 2. The Hall–Kier alpha value is -5.11. The molecule has 0 saturated heterocycles. The van der Waals surface area contributed by atoms with E-state index in [4.69, 9.17) is 0 Å². The highest BCUT2D eigenvalue weighted by molar-refractivity contribution is 6.10. The van der Waals surface area contributed by atoms with Crippen molar-refractivity contribution in [1.29, 1.82) is 0 Å². The number of aromatic nitrogens is 4. The van der Waals surface area contributed by atoms with Crippen LogP contribution in [-0.4, -0.2) is 26.3 Å². The first kappa shape index (κ1) is 21.7. The molecule has 8 heteroatoms. The van der Waals surface area contributed by atoms with E-state index in [1.165, 1.54) is 6.07 Å². The molecule has 5 rings (SSSR count). The number of aromatic amines is 2. The third-order valence-corrected chi connectivity index (χ3v) is 5.42. The zero-order valence-electron chi connectivity index (χ0n) is 18.4. The van der Waals surface area contributed by atoms with Crippen molar-refractivity contribution < 1.29 is 4.79 Å². The highest BCUT2D eigenvalue weighted by Gasteiger charge is 2.23. The van der Waals surface area contributed by atoms with E-state index in [9.17, 15) is 14.4 Å². The second kappa shape index (κ2) is 9.40. The maximum absolute atomic E-state index is 13.5. The summed E-state index contributed by atoms with van der Waals surface area (Å²) in [5.74, 6) is -0.573. The van der Waals surface area contributed by atoms with Crippen molar-refractivity contribution in [3.63, 3.8) is 0 Å². The molecule has 0 atom stereocenters. The fraction of sp³-hybridized carbons (Fsp3) is 0. The Kier molecular flexibility index (Phi) is 5.83. The molecule has 3 N–H and O–H groups in total. The summed E-state index contributed by atoms with van der Waals surface area (Å²) in [6.07, 6.45) is 0. The van der Waals surface area contributed by atoms with Crippen LogP contribution in [0.15, 0.2) is 107 Å². The molecule has 0 spiro atoms. The lowest BCUT2D eigenvalue weighted by molar-refractivity contribution is 0.102. The van der Waals surface area contributed by atoms with Gasteiger partial charge in [-0.15, -0.1) is 0 Å². The minimum atomic E-state index is -0.598. The van der Waals surface area contributed by atoms with Crippen LogP contribution in [0, 0.1) is 0 Å². The quantitative estimate of drug-likeness (QED) is 0.364. The van der Waals surface area contributed by atoms with Crippen molar-refractivity contribution in [2.45, 2.75) is 0 Å². The molecule has 2 heterocycles. The monoisotopic (exact) mass is 461 g/mol. The van der Waals surface area contributed by atoms with Gasteiger partial charge in [0.2, 0.25) is 0 Å². The molecule has 170 valence electrons. The Morgan fingerprint density at radius 3 is 2.06 bits per heavy atom. The van der Waals surface area contributed by atoms with Crippen LogP contribution >= 0.6 is 0 Å². The molecule has 0 aliphatic rings. The fourth-order valence-electron chi connectivity index (χ4n) is 3.81. The van der Waals surface area contributed by atoms with Gasteiger partial charge >= 0.3 is 0 Å². The Morgan fingerprint density at radius 2 is 1.37 bits per heavy atom. The van der Waals surface area contributed by atoms with Gasteiger partial charge in [0.1, 0.15) is 5.56 Å². The average Bonchev–Trinajstić information content (AvgIpc) is 2.90. The topological polar surface area (TPSA) is 121 Å². The van der Waals surface area contributed by atoms with Crippen LogP contribution in [-0.2, 0) is 0 Å². The Bertz CT molecular complexity index is 1610. The molecule has 0 bridgehead atoms. The Morgan fingerprint density at radius 1 is 0.686 bits per heavy atom. The summed E-state index contributed by atoms with van der Waals surface area (Å²) in [4.78, 5) is 37.7. The van der Waals surface area contributed by atoms with Gasteiger partial charge in [-0.2, -0.15) is 10.2 Å². The number of anilines is 1. The predicted molar refractivity (Wildman–Crippen MR) is 134 cm³/mol. The summed E-state index contributed by atoms with van der Waals surface area (Å²) in [5.41, 5.74) is 3.15. The van der Waals surface area contributed by atoms with Gasteiger partial charge in [-0.25, -0.2) is 10.2 Å². The second-order valence-corrected chi connectivity index (χ2v) is 7.72. The molecule has 2 aromatic heterocycles. The molecular weight excluding hydrogens is 442 g/mol. The van der Waals surface area contributed by atoms with E-state index in [1.807, 2.05) is 60.7 Å². The number of benzene rings is 3. The maximum Gasteiger partial charge on any atom is 0.277 e. The molecule has 3 aromatic carbocycles. The Balaban J connectivity index is 1.59. The fourth-order valence-corrected chi connectivity index (χ4v) is 3.81. The van der Waals surface area contributed by atoms with Crippen molar-refractivity contribution in [2.75, 3.05) is 5.32 Å². The maximum atomic E-state index is 13.5. The molecule has 8 nitrogen and oxygen atoms in total. The highest BCUT2D eigenvalue weighted by atomic mass is 16.2. The van der Waals surface area contributed by atoms with Crippen LogP contribution in [0.2, 0.25) is 0 Å². The van der Waals surface area contributed by atoms with E-state index in [0.717, 1.165) is 5.56 Å². The van der Waals surface area contributed by atoms with Crippen LogP contribution in [0.5, 0.6) is 0 Å². The number of carbonyl (C=O) groups is 1. The molecule has 0 fully saturated rings. The molecule has 35 heavy (non-hydrogen) atoms. The van der Waals surface area contributed by atoms with Gasteiger partial charge in [0.25, 0.3) is 17.0 Å². The predicted octanol–water partition coefficient (Wildman–Crippen LogP) is 4.11.